The van der Waals surface area contributed by atoms with Crippen molar-refractivity contribution in [3.63, 3.8) is 0 Å². The van der Waals surface area contributed by atoms with Crippen molar-refractivity contribution in [2.24, 2.45) is 0 Å². The molecule has 1 aliphatic carbocycles. The van der Waals surface area contributed by atoms with Gasteiger partial charge < -0.3 is 11.1 Å². The molecule has 3 nitrogen and oxygen atoms in total. The van der Waals surface area contributed by atoms with E-state index >= 15 is 0 Å². The Morgan fingerprint density at radius 1 is 1.30 bits per heavy atom. The van der Waals surface area contributed by atoms with Crippen LogP contribution in [-0.2, 0) is 19.3 Å². The molecule has 1 aliphatic rings. The van der Waals surface area contributed by atoms with Crippen LogP contribution in [0.15, 0.2) is 29.6 Å². The molecule has 1 unspecified atom stereocenters. The summed E-state index contributed by atoms with van der Waals surface area (Å²) in [4.78, 5) is 4.29. The van der Waals surface area contributed by atoms with Gasteiger partial charge in [0.25, 0.3) is 0 Å². The van der Waals surface area contributed by atoms with Gasteiger partial charge in [-0.1, -0.05) is 24.3 Å². The Morgan fingerprint density at radius 2 is 2.15 bits per heavy atom. The molecule has 4 heteroatoms. The summed E-state index contributed by atoms with van der Waals surface area (Å²) in [6.45, 7) is 1.06. The number of hydrogen-bond acceptors (Lipinski definition) is 4. The summed E-state index contributed by atoms with van der Waals surface area (Å²) in [6, 6.07) is 9.45. The molecule has 1 aromatic carbocycles. The standard InChI is InChI=1S/C16H21N3S/c17-16-19-15(11-20-16)6-3-9-18-14-8-7-12-4-1-2-5-13(12)10-14/h1-2,4-5,11,14,18H,3,6-10H2,(H2,17,19). The van der Waals surface area contributed by atoms with Crippen LogP contribution in [-0.4, -0.2) is 17.6 Å². The number of nitrogen functional groups attached to an aromatic ring is 1. The van der Waals surface area contributed by atoms with Crippen LogP contribution in [0, 0.1) is 0 Å². The average molecular weight is 287 g/mol. The predicted molar refractivity (Wildman–Crippen MR) is 85.1 cm³/mol. The number of nitrogens with zero attached hydrogens (tertiary/aromatic N) is 1. The van der Waals surface area contributed by atoms with Gasteiger partial charge in [-0.05, 0) is 49.8 Å². The van der Waals surface area contributed by atoms with E-state index in [9.17, 15) is 0 Å². The van der Waals surface area contributed by atoms with E-state index in [0.717, 1.165) is 25.1 Å². The summed E-state index contributed by atoms with van der Waals surface area (Å²) >= 11 is 1.53. The van der Waals surface area contributed by atoms with Crippen molar-refractivity contribution in [1.82, 2.24) is 10.3 Å². The van der Waals surface area contributed by atoms with Gasteiger partial charge in [0, 0.05) is 11.4 Å². The van der Waals surface area contributed by atoms with E-state index in [1.54, 1.807) is 0 Å². The predicted octanol–water partition coefficient (Wildman–Crippen LogP) is 2.81. The molecule has 2 aromatic rings. The topological polar surface area (TPSA) is 50.9 Å². The summed E-state index contributed by atoms with van der Waals surface area (Å²) < 4.78 is 0. The van der Waals surface area contributed by atoms with Gasteiger partial charge in [0.05, 0.1) is 5.69 Å². The number of thiazole rings is 1. The van der Waals surface area contributed by atoms with Crippen LogP contribution < -0.4 is 11.1 Å². The first kappa shape index (κ1) is 13.6. The summed E-state index contributed by atoms with van der Waals surface area (Å²) in [5.41, 5.74) is 9.81. The van der Waals surface area contributed by atoms with Gasteiger partial charge in [-0.3, -0.25) is 0 Å². The van der Waals surface area contributed by atoms with E-state index in [0.29, 0.717) is 11.2 Å². The molecule has 106 valence electrons. The second-order valence-corrected chi connectivity index (χ2v) is 6.33. The fraction of sp³-hybridized carbons (Fsp3) is 0.438. The largest absolute Gasteiger partial charge is 0.375 e. The van der Waals surface area contributed by atoms with Crippen LogP contribution in [0.1, 0.15) is 29.7 Å². The van der Waals surface area contributed by atoms with Gasteiger partial charge in [-0.2, -0.15) is 0 Å². The summed E-state index contributed by atoms with van der Waals surface area (Å²) in [5.74, 6) is 0. The van der Waals surface area contributed by atoms with Crippen LogP contribution in [0.4, 0.5) is 5.13 Å². The molecular weight excluding hydrogens is 266 g/mol. The van der Waals surface area contributed by atoms with Crippen molar-refractivity contribution >= 4 is 16.5 Å². The molecule has 3 N–H and O–H groups in total. The molecule has 3 rings (SSSR count). The highest BCUT2D eigenvalue weighted by Gasteiger charge is 2.17. The van der Waals surface area contributed by atoms with E-state index in [2.05, 4.69) is 39.9 Å². The van der Waals surface area contributed by atoms with Crippen molar-refractivity contribution in [3.8, 4) is 0 Å². The minimum absolute atomic E-state index is 0.630. The molecule has 0 saturated heterocycles. The Hall–Kier alpha value is -1.39. The van der Waals surface area contributed by atoms with Gasteiger partial charge in [0.15, 0.2) is 5.13 Å². The quantitative estimate of drug-likeness (QED) is 0.831. The van der Waals surface area contributed by atoms with Crippen molar-refractivity contribution in [3.05, 3.63) is 46.5 Å². The molecule has 0 bridgehead atoms. The van der Waals surface area contributed by atoms with Crippen LogP contribution >= 0.6 is 11.3 Å². The Balaban J connectivity index is 1.42. The number of anilines is 1. The summed E-state index contributed by atoms with van der Waals surface area (Å²) in [5, 5.41) is 6.42. The third-order valence-corrected chi connectivity index (χ3v) is 4.68. The fourth-order valence-corrected chi connectivity index (χ4v) is 3.48. The van der Waals surface area contributed by atoms with E-state index in [1.165, 1.54) is 41.7 Å². The lowest BCUT2D eigenvalue weighted by atomic mass is 9.88. The van der Waals surface area contributed by atoms with Crippen LogP contribution in [0.5, 0.6) is 0 Å². The first-order valence-corrected chi connectivity index (χ1v) is 8.19. The summed E-state index contributed by atoms with van der Waals surface area (Å²) in [7, 11) is 0. The van der Waals surface area contributed by atoms with Crippen molar-refractivity contribution < 1.29 is 0 Å². The zero-order chi connectivity index (χ0) is 13.8. The molecule has 1 atom stereocenters. The maximum absolute atomic E-state index is 5.64. The van der Waals surface area contributed by atoms with E-state index in [4.69, 9.17) is 5.73 Å². The van der Waals surface area contributed by atoms with E-state index < -0.39 is 0 Å². The highest BCUT2D eigenvalue weighted by molar-refractivity contribution is 7.13. The second kappa shape index (κ2) is 6.37. The number of benzene rings is 1. The van der Waals surface area contributed by atoms with Crippen molar-refractivity contribution in [1.29, 1.82) is 0 Å². The second-order valence-electron chi connectivity index (χ2n) is 5.44. The molecule has 0 fully saturated rings. The molecule has 20 heavy (non-hydrogen) atoms. The highest BCUT2D eigenvalue weighted by Crippen LogP contribution is 2.21. The van der Waals surface area contributed by atoms with Crippen LogP contribution in [0.25, 0.3) is 0 Å². The summed E-state index contributed by atoms with van der Waals surface area (Å²) in [6.07, 6.45) is 5.77. The van der Waals surface area contributed by atoms with Gasteiger partial charge >= 0.3 is 0 Å². The Bertz CT molecular complexity index is 564. The zero-order valence-electron chi connectivity index (χ0n) is 11.6. The third-order valence-electron chi connectivity index (χ3n) is 3.96. The number of aryl methyl sites for hydroxylation is 2. The molecular formula is C16H21N3S. The number of aromatic nitrogens is 1. The molecule has 0 saturated carbocycles. The van der Waals surface area contributed by atoms with Gasteiger partial charge in [0.2, 0.25) is 0 Å². The average Bonchev–Trinajstić information content (AvgIpc) is 2.89. The Morgan fingerprint density at radius 3 is 2.95 bits per heavy atom. The lowest BCUT2D eigenvalue weighted by molar-refractivity contribution is 0.454. The minimum atomic E-state index is 0.630. The van der Waals surface area contributed by atoms with Gasteiger partial charge in [-0.25, -0.2) is 4.98 Å². The highest BCUT2D eigenvalue weighted by atomic mass is 32.1. The van der Waals surface area contributed by atoms with Crippen LogP contribution in [0.3, 0.4) is 0 Å². The third kappa shape index (κ3) is 3.38. The number of hydrogen-bond donors (Lipinski definition) is 2. The SMILES string of the molecule is Nc1nc(CCCNC2CCc3ccccc3C2)cs1. The maximum Gasteiger partial charge on any atom is 0.180 e. The van der Waals surface area contributed by atoms with Gasteiger partial charge in [0.1, 0.15) is 0 Å². The molecule has 1 aromatic heterocycles. The molecule has 0 aliphatic heterocycles. The normalized spacial score (nSPS) is 17.9. The lowest BCUT2D eigenvalue weighted by Crippen LogP contribution is -2.35. The zero-order valence-corrected chi connectivity index (χ0v) is 12.5. The van der Waals surface area contributed by atoms with Crippen LogP contribution in [0.2, 0.25) is 0 Å². The molecule has 0 amide bonds. The first-order valence-electron chi connectivity index (χ1n) is 7.31. The number of fused-ring (bicyclic) bond motifs is 1. The Kier molecular flexibility index (Phi) is 4.33. The number of nitrogens with two attached hydrogens (primary N) is 1. The van der Waals surface area contributed by atoms with Crippen molar-refractivity contribution in [2.45, 2.75) is 38.1 Å². The number of rotatable bonds is 5. The number of nitrogens with one attached hydrogen (secondary N) is 1. The molecule has 0 spiro atoms. The van der Waals surface area contributed by atoms with E-state index in [-0.39, 0.29) is 0 Å². The van der Waals surface area contributed by atoms with E-state index in [1.807, 2.05) is 0 Å². The molecule has 0 radical (unpaired) electrons. The smallest absolute Gasteiger partial charge is 0.180 e. The first-order chi connectivity index (χ1) is 9.81. The lowest BCUT2D eigenvalue weighted by Gasteiger charge is -2.25. The Labute approximate surface area is 124 Å². The monoisotopic (exact) mass is 287 g/mol. The molecule has 1 heterocycles. The fourth-order valence-electron chi connectivity index (χ4n) is 2.89. The van der Waals surface area contributed by atoms with Crippen molar-refractivity contribution in [2.75, 3.05) is 12.3 Å². The maximum atomic E-state index is 5.64. The minimum Gasteiger partial charge on any atom is -0.375 e. The van der Waals surface area contributed by atoms with Gasteiger partial charge in [-0.15, -0.1) is 11.3 Å².